The fraction of sp³-hybridized carbons (Fsp3) is 0.357. The summed E-state index contributed by atoms with van der Waals surface area (Å²) < 4.78 is 10.8. The minimum atomic E-state index is -0.993. The Kier molecular flexibility index (Phi) is 2.80. The highest BCUT2D eigenvalue weighted by Gasteiger charge is 2.27. The van der Waals surface area contributed by atoms with Gasteiger partial charge in [-0.2, -0.15) is 0 Å². The Balaban J connectivity index is 2.17. The molecule has 1 aliphatic rings. The Hall–Kier alpha value is -1.81. The molecule has 1 aliphatic heterocycles. The smallest absolute Gasteiger partial charge is 0.372 e. The lowest BCUT2D eigenvalue weighted by atomic mass is 9.89. The van der Waals surface area contributed by atoms with Crippen LogP contribution in [0.25, 0.3) is 11.0 Å². The standard InChI is InChI=1S/C14H14O4/c15-14(16)13-12(9-5-7-17-8-6-9)10-3-1-2-4-11(10)18-13/h1-4,9H,5-8H2,(H,15,16). The van der Waals surface area contributed by atoms with E-state index in [2.05, 4.69) is 0 Å². The first-order valence-corrected chi connectivity index (χ1v) is 6.10. The molecule has 94 valence electrons. The molecule has 0 radical (unpaired) electrons. The molecule has 0 amide bonds. The van der Waals surface area contributed by atoms with Gasteiger partial charge in [-0.25, -0.2) is 4.79 Å². The van der Waals surface area contributed by atoms with Crippen LogP contribution in [0.1, 0.15) is 34.9 Å². The van der Waals surface area contributed by atoms with Crippen LogP contribution in [0.15, 0.2) is 28.7 Å². The normalized spacial score (nSPS) is 17.1. The zero-order chi connectivity index (χ0) is 12.5. The molecule has 0 bridgehead atoms. The molecular formula is C14H14O4. The zero-order valence-corrected chi connectivity index (χ0v) is 9.89. The van der Waals surface area contributed by atoms with Crippen LogP contribution in [0.5, 0.6) is 0 Å². The summed E-state index contributed by atoms with van der Waals surface area (Å²) in [5.74, 6) is -0.690. The zero-order valence-electron chi connectivity index (χ0n) is 9.89. The average molecular weight is 246 g/mol. The monoisotopic (exact) mass is 246 g/mol. The van der Waals surface area contributed by atoms with Crippen molar-refractivity contribution in [3.63, 3.8) is 0 Å². The number of benzene rings is 1. The minimum absolute atomic E-state index is 0.0862. The lowest BCUT2D eigenvalue weighted by Gasteiger charge is -2.21. The number of aromatic carboxylic acids is 1. The Morgan fingerprint density at radius 1 is 1.22 bits per heavy atom. The van der Waals surface area contributed by atoms with Crippen LogP contribution in [-0.4, -0.2) is 24.3 Å². The number of hydrogen-bond donors (Lipinski definition) is 1. The van der Waals surface area contributed by atoms with Gasteiger partial charge >= 0.3 is 5.97 Å². The predicted octanol–water partition coefficient (Wildman–Crippen LogP) is 3.03. The summed E-state index contributed by atoms with van der Waals surface area (Å²) in [6.45, 7) is 1.37. The van der Waals surface area contributed by atoms with Gasteiger partial charge in [-0.3, -0.25) is 0 Å². The van der Waals surface area contributed by atoms with Gasteiger partial charge in [-0.1, -0.05) is 18.2 Å². The summed E-state index contributed by atoms with van der Waals surface area (Å²) in [6, 6.07) is 7.50. The molecule has 2 aromatic rings. The highest BCUT2D eigenvalue weighted by Crippen LogP contribution is 2.37. The molecule has 1 N–H and O–H groups in total. The van der Waals surface area contributed by atoms with Gasteiger partial charge < -0.3 is 14.3 Å². The van der Waals surface area contributed by atoms with E-state index in [-0.39, 0.29) is 11.7 Å². The van der Waals surface area contributed by atoms with Crippen molar-refractivity contribution in [2.24, 2.45) is 0 Å². The molecule has 2 heterocycles. The van der Waals surface area contributed by atoms with Crippen LogP contribution in [0, 0.1) is 0 Å². The number of carboxylic acid groups (broad SMARTS) is 1. The maximum Gasteiger partial charge on any atom is 0.372 e. The molecule has 4 nitrogen and oxygen atoms in total. The fourth-order valence-electron chi connectivity index (χ4n) is 2.62. The quantitative estimate of drug-likeness (QED) is 0.884. The minimum Gasteiger partial charge on any atom is -0.475 e. The molecule has 18 heavy (non-hydrogen) atoms. The van der Waals surface area contributed by atoms with E-state index in [1.165, 1.54) is 0 Å². The number of furan rings is 1. The fourth-order valence-corrected chi connectivity index (χ4v) is 2.62. The Morgan fingerprint density at radius 2 is 1.94 bits per heavy atom. The van der Waals surface area contributed by atoms with Gasteiger partial charge in [-0.05, 0) is 24.8 Å². The highest BCUT2D eigenvalue weighted by atomic mass is 16.5. The summed E-state index contributed by atoms with van der Waals surface area (Å²) >= 11 is 0. The molecular weight excluding hydrogens is 232 g/mol. The van der Waals surface area contributed by atoms with Crippen LogP contribution in [0.4, 0.5) is 0 Å². The molecule has 0 atom stereocenters. The van der Waals surface area contributed by atoms with E-state index in [9.17, 15) is 9.90 Å². The molecule has 1 saturated heterocycles. The number of ether oxygens (including phenoxy) is 1. The van der Waals surface area contributed by atoms with Crippen molar-refractivity contribution in [2.75, 3.05) is 13.2 Å². The maximum absolute atomic E-state index is 11.3. The van der Waals surface area contributed by atoms with E-state index in [1.807, 2.05) is 24.3 Å². The number of para-hydroxylation sites is 1. The first-order chi connectivity index (χ1) is 8.77. The lowest BCUT2D eigenvalue weighted by Crippen LogP contribution is -2.15. The molecule has 3 rings (SSSR count). The molecule has 1 aromatic heterocycles. The van der Waals surface area contributed by atoms with Crippen LogP contribution in [-0.2, 0) is 4.74 Å². The molecule has 4 heteroatoms. The predicted molar refractivity (Wildman–Crippen MR) is 66.0 cm³/mol. The molecule has 0 spiro atoms. The molecule has 0 saturated carbocycles. The highest BCUT2D eigenvalue weighted by molar-refractivity contribution is 5.95. The van der Waals surface area contributed by atoms with Gasteiger partial charge in [0.1, 0.15) is 5.58 Å². The van der Waals surface area contributed by atoms with Gasteiger partial charge in [0.05, 0.1) is 0 Å². The molecule has 0 aliphatic carbocycles. The second-order valence-corrected chi connectivity index (χ2v) is 4.53. The van der Waals surface area contributed by atoms with Gasteiger partial charge in [-0.15, -0.1) is 0 Å². The summed E-state index contributed by atoms with van der Waals surface area (Å²) in [5.41, 5.74) is 1.48. The molecule has 1 aromatic carbocycles. The number of hydrogen-bond acceptors (Lipinski definition) is 3. The maximum atomic E-state index is 11.3. The number of fused-ring (bicyclic) bond motifs is 1. The van der Waals surface area contributed by atoms with Gasteiger partial charge in [0.25, 0.3) is 0 Å². The van der Waals surface area contributed by atoms with Crippen molar-refractivity contribution < 1.29 is 19.1 Å². The van der Waals surface area contributed by atoms with Crippen molar-refractivity contribution in [3.05, 3.63) is 35.6 Å². The van der Waals surface area contributed by atoms with Crippen LogP contribution in [0.2, 0.25) is 0 Å². The van der Waals surface area contributed by atoms with E-state index in [4.69, 9.17) is 9.15 Å². The molecule has 1 fully saturated rings. The van der Waals surface area contributed by atoms with Crippen molar-refractivity contribution in [3.8, 4) is 0 Å². The van der Waals surface area contributed by atoms with Crippen LogP contribution >= 0.6 is 0 Å². The summed E-state index contributed by atoms with van der Waals surface area (Å²) in [6.07, 6.45) is 1.70. The van der Waals surface area contributed by atoms with Crippen molar-refractivity contribution in [1.29, 1.82) is 0 Å². The van der Waals surface area contributed by atoms with Gasteiger partial charge in [0, 0.05) is 24.2 Å². The SMILES string of the molecule is O=C(O)c1oc2ccccc2c1C1CCOCC1. The largest absolute Gasteiger partial charge is 0.475 e. The van der Waals surface area contributed by atoms with Crippen molar-refractivity contribution >= 4 is 16.9 Å². The first-order valence-electron chi connectivity index (χ1n) is 6.10. The van der Waals surface area contributed by atoms with E-state index >= 15 is 0 Å². The van der Waals surface area contributed by atoms with Crippen LogP contribution in [0.3, 0.4) is 0 Å². The number of rotatable bonds is 2. The number of carbonyl (C=O) groups is 1. The van der Waals surface area contributed by atoms with E-state index in [1.54, 1.807) is 0 Å². The average Bonchev–Trinajstić information content (AvgIpc) is 2.79. The van der Waals surface area contributed by atoms with E-state index in [0.717, 1.165) is 23.8 Å². The second kappa shape index (κ2) is 4.46. The lowest BCUT2D eigenvalue weighted by molar-refractivity contribution is 0.0651. The summed E-state index contributed by atoms with van der Waals surface area (Å²) in [4.78, 5) is 11.3. The summed E-state index contributed by atoms with van der Waals surface area (Å²) in [7, 11) is 0. The second-order valence-electron chi connectivity index (χ2n) is 4.53. The van der Waals surface area contributed by atoms with Gasteiger partial charge in [0.15, 0.2) is 0 Å². The van der Waals surface area contributed by atoms with Gasteiger partial charge in [0.2, 0.25) is 5.76 Å². The van der Waals surface area contributed by atoms with E-state index < -0.39 is 5.97 Å². The van der Waals surface area contributed by atoms with E-state index in [0.29, 0.717) is 18.8 Å². The van der Waals surface area contributed by atoms with Crippen molar-refractivity contribution in [2.45, 2.75) is 18.8 Å². The van der Waals surface area contributed by atoms with Crippen LogP contribution < -0.4 is 0 Å². The Morgan fingerprint density at radius 3 is 2.67 bits per heavy atom. The third kappa shape index (κ3) is 1.78. The van der Waals surface area contributed by atoms with Crippen molar-refractivity contribution in [1.82, 2.24) is 0 Å². The topological polar surface area (TPSA) is 59.7 Å². The number of carboxylic acids is 1. The third-order valence-corrected chi connectivity index (χ3v) is 3.46. The summed E-state index contributed by atoms with van der Waals surface area (Å²) in [5, 5.41) is 10.2. The Labute approximate surface area is 104 Å². The molecule has 0 unspecified atom stereocenters. The Bertz CT molecular complexity index is 578. The third-order valence-electron chi connectivity index (χ3n) is 3.46. The first kappa shape index (κ1) is 11.3.